The van der Waals surface area contributed by atoms with Gasteiger partial charge in [0.15, 0.2) is 5.69 Å². The minimum atomic E-state index is -2.56. The lowest BCUT2D eigenvalue weighted by Gasteiger charge is -2.52. The zero-order chi connectivity index (χ0) is 18.1. The molecule has 0 amide bonds. The summed E-state index contributed by atoms with van der Waals surface area (Å²) in [6.45, 7) is 0.678. The zero-order valence-corrected chi connectivity index (χ0v) is 13.9. The second kappa shape index (κ2) is 6.56. The van der Waals surface area contributed by atoms with Crippen LogP contribution >= 0.6 is 0 Å². The van der Waals surface area contributed by atoms with Crippen molar-refractivity contribution in [2.45, 2.75) is 37.6 Å². The smallest absolute Gasteiger partial charge is 0.356 e. The number of alkyl halides is 2. The number of nitrogens with one attached hydrogen (secondary N) is 2. The Morgan fingerprint density at radius 1 is 1.52 bits per heavy atom. The van der Waals surface area contributed by atoms with Gasteiger partial charge in [0.2, 0.25) is 5.92 Å². The average Bonchev–Trinajstić information content (AvgIpc) is 2.57. The summed E-state index contributed by atoms with van der Waals surface area (Å²) in [6.07, 6.45) is 1.16. The lowest BCUT2D eigenvalue weighted by molar-refractivity contribution is -0.174. The Balaban J connectivity index is 1.85. The third-order valence-electron chi connectivity index (χ3n) is 4.98. The van der Waals surface area contributed by atoms with Crippen LogP contribution in [-0.2, 0) is 4.74 Å². The van der Waals surface area contributed by atoms with Gasteiger partial charge in [-0.05, 0) is 30.9 Å². The molecule has 1 aromatic heterocycles. The lowest BCUT2D eigenvalue weighted by atomic mass is 9.59. The number of piperidine rings is 1. The van der Waals surface area contributed by atoms with Gasteiger partial charge >= 0.3 is 5.97 Å². The number of nitriles is 1. The molecule has 1 saturated carbocycles. The Bertz CT molecular complexity index is 709. The highest BCUT2D eigenvalue weighted by atomic mass is 19.3. The highest BCUT2D eigenvalue weighted by molar-refractivity contribution is 5.87. The van der Waals surface area contributed by atoms with Crippen molar-refractivity contribution >= 4 is 11.8 Å². The van der Waals surface area contributed by atoms with E-state index in [-0.39, 0.29) is 36.5 Å². The second-order valence-electron chi connectivity index (χ2n) is 6.81. The van der Waals surface area contributed by atoms with Gasteiger partial charge in [-0.1, -0.05) is 6.07 Å². The number of aromatic nitrogens is 1. The molecule has 0 radical (unpaired) electrons. The number of esters is 1. The molecule has 2 N–H and O–H groups in total. The van der Waals surface area contributed by atoms with Crippen LogP contribution in [0.25, 0.3) is 0 Å². The summed E-state index contributed by atoms with van der Waals surface area (Å²) in [5, 5.41) is 15.0. The van der Waals surface area contributed by atoms with E-state index in [1.807, 2.05) is 6.07 Å². The summed E-state index contributed by atoms with van der Waals surface area (Å²) in [4.78, 5) is 15.9. The first-order valence-corrected chi connectivity index (χ1v) is 8.19. The van der Waals surface area contributed by atoms with Crippen molar-refractivity contribution in [3.05, 3.63) is 23.4 Å². The monoisotopic (exact) mass is 350 g/mol. The maximum absolute atomic E-state index is 13.4. The van der Waals surface area contributed by atoms with Crippen molar-refractivity contribution in [3.63, 3.8) is 0 Å². The molecule has 1 spiro atoms. The summed E-state index contributed by atoms with van der Waals surface area (Å²) in [6, 6.07) is 5.12. The molecular weight excluding hydrogens is 330 g/mol. The third kappa shape index (κ3) is 3.56. The molecule has 6 nitrogen and oxygen atoms in total. The van der Waals surface area contributed by atoms with Crippen LogP contribution < -0.4 is 10.6 Å². The normalized spacial score (nSPS) is 23.4. The fourth-order valence-electron chi connectivity index (χ4n) is 3.94. The number of hydrogen-bond acceptors (Lipinski definition) is 6. The maximum atomic E-state index is 13.4. The van der Waals surface area contributed by atoms with Crippen LogP contribution in [0, 0.1) is 16.7 Å². The fraction of sp³-hybridized carbons (Fsp3) is 0.588. The van der Waals surface area contributed by atoms with E-state index < -0.39 is 11.9 Å². The van der Waals surface area contributed by atoms with Crippen molar-refractivity contribution < 1.29 is 18.3 Å². The first-order chi connectivity index (χ1) is 11.9. The molecule has 8 heteroatoms. The third-order valence-corrected chi connectivity index (χ3v) is 4.98. The first kappa shape index (κ1) is 17.5. The van der Waals surface area contributed by atoms with E-state index in [0.717, 1.165) is 12.0 Å². The summed E-state index contributed by atoms with van der Waals surface area (Å²) >= 11 is 0. The van der Waals surface area contributed by atoms with E-state index >= 15 is 0 Å². The van der Waals surface area contributed by atoms with Crippen LogP contribution in [0.1, 0.15) is 47.8 Å². The van der Waals surface area contributed by atoms with E-state index in [2.05, 4.69) is 20.4 Å². The van der Waals surface area contributed by atoms with Crippen LogP contribution in [0.4, 0.5) is 14.6 Å². The van der Waals surface area contributed by atoms with Gasteiger partial charge in [-0.3, -0.25) is 0 Å². The number of carbonyl (C=O) groups is 1. The summed E-state index contributed by atoms with van der Waals surface area (Å²) < 4.78 is 31.5. The second-order valence-corrected chi connectivity index (χ2v) is 6.81. The van der Waals surface area contributed by atoms with Gasteiger partial charge in [0.1, 0.15) is 12.4 Å². The Hall–Kier alpha value is -2.27. The Morgan fingerprint density at radius 2 is 2.28 bits per heavy atom. The largest absolute Gasteiger partial charge is 0.464 e. The van der Waals surface area contributed by atoms with Crippen LogP contribution in [0.5, 0.6) is 0 Å². The molecule has 3 rings (SSSR count). The fourth-order valence-corrected chi connectivity index (χ4v) is 3.94. The van der Waals surface area contributed by atoms with E-state index in [1.165, 1.54) is 7.11 Å². The van der Waals surface area contributed by atoms with Gasteiger partial charge in [-0.2, -0.15) is 5.26 Å². The topological polar surface area (TPSA) is 87.0 Å². The Kier molecular flexibility index (Phi) is 4.60. The van der Waals surface area contributed by atoms with Crippen molar-refractivity contribution in [2.24, 2.45) is 5.41 Å². The van der Waals surface area contributed by atoms with Crippen molar-refractivity contribution in [2.75, 3.05) is 25.5 Å². The number of anilines is 1. The number of carbonyl (C=O) groups excluding carboxylic acids is 1. The number of halogens is 2. The van der Waals surface area contributed by atoms with Gasteiger partial charge in [-0.15, -0.1) is 0 Å². The molecule has 0 aromatic carbocycles. The molecule has 2 fully saturated rings. The van der Waals surface area contributed by atoms with E-state index in [1.54, 1.807) is 12.1 Å². The predicted molar refractivity (Wildman–Crippen MR) is 86.3 cm³/mol. The number of rotatable bonds is 4. The van der Waals surface area contributed by atoms with Gasteiger partial charge in [0.05, 0.1) is 13.2 Å². The summed E-state index contributed by atoms with van der Waals surface area (Å²) in [7, 11) is 1.27. The summed E-state index contributed by atoms with van der Waals surface area (Å²) in [5.74, 6) is -2.72. The molecule has 2 heterocycles. The Labute approximate surface area is 144 Å². The molecule has 1 saturated heterocycles. The molecule has 1 aliphatic carbocycles. The minimum absolute atomic E-state index is 0.0283. The highest BCUT2D eigenvalue weighted by Gasteiger charge is 2.57. The van der Waals surface area contributed by atoms with Crippen LogP contribution in [0.3, 0.4) is 0 Å². The number of ether oxygens (including phenoxy) is 1. The predicted octanol–water partition coefficient (Wildman–Crippen LogP) is 2.64. The minimum Gasteiger partial charge on any atom is -0.464 e. The van der Waals surface area contributed by atoms with Gasteiger partial charge in [-0.25, -0.2) is 18.6 Å². The SMILES string of the molecule is COC(=O)c1ccc(C2CC3(CCN2)CC(F)(F)C3)c(NCC#N)n1. The van der Waals surface area contributed by atoms with E-state index in [9.17, 15) is 13.6 Å². The van der Waals surface area contributed by atoms with Crippen molar-refractivity contribution in [1.29, 1.82) is 5.26 Å². The maximum Gasteiger partial charge on any atom is 0.356 e. The molecular formula is C17H20F2N4O2. The lowest BCUT2D eigenvalue weighted by Crippen LogP contribution is -2.52. The molecule has 1 aliphatic heterocycles. The molecule has 25 heavy (non-hydrogen) atoms. The molecule has 0 bridgehead atoms. The van der Waals surface area contributed by atoms with Crippen LogP contribution in [-0.4, -0.2) is 37.1 Å². The quantitative estimate of drug-likeness (QED) is 0.641. The van der Waals surface area contributed by atoms with Gasteiger partial charge < -0.3 is 15.4 Å². The molecule has 1 aromatic rings. The average molecular weight is 350 g/mol. The highest BCUT2D eigenvalue weighted by Crippen LogP contribution is 2.59. The van der Waals surface area contributed by atoms with Crippen LogP contribution in [0.15, 0.2) is 12.1 Å². The van der Waals surface area contributed by atoms with E-state index in [0.29, 0.717) is 18.8 Å². The van der Waals surface area contributed by atoms with Crippen molar-refractivity contribution in [3.8, 4) is 6.07 Å². The van der Waals surface area contributed by atoms with Gasteiger partial charge in [0, 0.05) is 24.4 Å². The number of hydrogen-bond donors (Lipinski definition) is 2. The Morgan fingerprint density at radius 3 is 2.92 bits per heavy atom. The molecule has 1 atom stereocenters. The number of nitrogens with zero attached hydrogens (tertiary/aromatic N) is 2. The standard InChI is InChI=1S/C17H20F2N4O2/c1-25-15(24)12-3-2-11(14(23-12)22-7-5-20)13-8-16(4-6-21-13)9-17(18,19)10-16/h2-3,13,21H,4,6-10H2,1H3,(H,22,23). The number of pyridine rings is 1. The van der Waals surface area contributed by atoms with Gasteiger partial charge in [0.25, 0.3) is 0 Å². The molecule has 2 aliphatic rings. The van der Waals surface area contributed by atoms with Crippen LogP contribution in [0.2, 0.25) is 0 Å². The number of methoxy groups -OCH3 is 1. The molecule has 134 valence electrons. The van der Waals surface area contributed by atoms with E-state index in [4.69, 9.17) is 5.26 Å². The van der Waals surface area contributed by atoms with Crippen molar-refractivity contribution in [1.82, 2.24) is 10.3 Å². The summed E-state index contributed by atoms with van der Waals surface area (Å²) in [5.41, 5.74) is 0.567. The first-order valence-electron chi connectivity index (χ1n) is 8.19. The molecule has 1 unspecified atom stereocenters. The zero-order valence-electron chi connectivity index (χ0n) is 13.9.